The molecule has 1 saturated heterocycles. The molecule has 1 aliphatic heterocycles. The minimum Gasteiger partial charge on any atom is -0.376 e. The number of anilines is 1. The van der Waals surface area contributed by atoms with Gasteiger partial charge in [-0.1, -0.05) is 0 Å². The Morgan fingerprint density at radius 2 is 2.36 bits per heavy atom. The van der Waals surface area contributed by atoms with E-state index in [1.54, 1.807) is 12.3 Å². The smallest absolute Gasteiger partial charge is 0.156 e. The lowest BCUT2D eigenvalue weighted by Crippen LogP contribution is -2.32. The van der Waals surface area contributed by atoms with E-state index in [1.807, 2.05) is 24.9 Å². The highest BCUT2D eigenvalue weighted by molar-refractivity contribution is 5.41. The van der Waals surface area contributed by atoms with Crippen LogP contribution in [0.4, 0.5) is 5.82 Å². The van der Waals surface area contributed by atoms with Crippen molar-refractivity contribution in [3.8, 4) is 6.07 Å². The topological polar surface area (TPSA) is 90.7 Å². The predicted molar refractivity (Wildman–Crippen MR) is 80.4 cm³/mol. The Morgan fingerprint density at radius 1 is 1.50 bits per heavy atom. The second-order valence-electron chi connectivity index (χ2n) is 5.48. The highest BCUT2D eigenvalue weighted by Crippen LogP contribution is 2.30. The molecule has 1 N–H and O–H groups in total. The van der Waals surface area contributed by atoms with Gasteiger partial charge in [-0.15, -0.1) is 0 Å². The first-order chi connectivity index (χ1) is 10.7. The number of ether oxygens (including phenoxy) is 1. The van der Waals surface area contributed by atoms with E-state index in [4.69, 9.17) is 10.00 Å². The highest BCUT2D eigenvalue weighted by Gasteiger charge is 2.33. The zero-order valence-corrected chi connectivity index (χ0v) is 12.7. The van der Waals surface area contributed by atoms with Gasteiger partial charge in [0.15, 0.2) is 5.82 Å². The van der Waals surface area contributed by atoms with Gasteiger partial charge < -0.3 is 9.64 Å². The molecule has 0 unspecified atom stereocenters. The average molecular weight is 298 g/mol. The molecule has 114 valence electrons. The Morgan fingerprint density at radius 3 is 3.00 bits per heavy atom. The van der Waals surface area contributed by atoms with Crippen LogP contribution in [0.1, 0.15) is 29.6 Å². The number of nitrogens with one attached hydrogen (secondary N) is 1. The molecule has 3 rings (SSSR count). The molecule has 0 bridgehead atoms. The van der Waals surface area contributed by atoms with E-state index >= 15 is 0 Å². The van der Waals surface area contributed by atoms with Gasteiger partial charge >= 0.3 is 0 Å². The largest absolute Gasteiger partial charge is 0.376 e. The fourth-order valence-corrected chi connectivity index (χ4v) is 2.69. The molecule has 2 aromatic heterocycles. The van der Waals surface area contributed by atoms with Crippen molar-refractivity contribution in [3.63, 3.8) is 0 Å². The predicted octanol–water partition coefficient (Wildman–Crippen LogP) is 1.39. The van der Waals surface area contributed by atoms with E-state index in [9.17, 15) is 0 Å². The second kappa shape index (κ2) is 6.12. The second-order valence-corrected chi connectivity index (χ2v) is 5.48. The summed E-state index contributed by atoms with van der Waals surface area (Å²) < 4.78 is 5.85. The lowest BCUT2D eigenvalue weighted by Gasteiger charge is -2.24. The molecule has 1 aliphatic rings. The van der Waals surface area contributed by atoms with E-state index in [2.05, 4.69) is 26.2 Å². The summed E-state index contributed by atoms with van der Waals surface area (Å²) >= 11 is 0. The first kappa shape index (κ1) is 14.5. The van der Waals surface area contributed by atoms with Crippen LogP contribution >= 0.6 is 0 Å². The number of H-pyrrole nitrogens is 1. The first-order valence-corrected chi connectivity index (χ1v) is 7.25. The molecule has 1 fully saturated rings. The van der Waals surface area contributed by atoms with Gasteiger partial charge in [0.05, 0.1) is 17.6 Å². The quantitative estimate of drug-likeness (QED) is 0.917. The fraction of sp³-hybridized carbons (Fsp3) is 0.467. The number of hydrogen-bond donors (Lipinski definition) is 1. The van der Waals surface area contributed by atoms with E-state index in [1.165, 1.54) is 0 Å². The van der Waals surface area contributed by atoms with Crippen LogP contribution in [-0.2, 0) is 4.74 Å². The number of nitriles is 1. The van der Waals surface area contributed by atoms with E-state index < -0.39 is 0 Å². The number of pyridine rings is 1. The normalized spacial score (nSPS) is 20.8. The van der Waals surface area contributed by atoms with Crippen molar-refractivity contribution >= 4 is 5.82 Å². The van der Waals surface area contributed by atoms with E-state index in [0.29, 0.717) is 12.1 Å². The van der Waals surface area contributed by atoms with Crippen LogP contribution in [0.2, 0.25) is 0 Å². The monoisotopic (exact) mass is 298 g/mol. The van der Waals surface area contributed by atoms with Crippen molar-refractivity contribution in [3.05, 3.63) is 35.5 Å². The third-order valence-corrected chi connectivity index (χ3v) is 3.88. The number of nitrogens with zero attached hydrogens (tertiary/aromatic N) is 5. The number of aryl methyl sites for hydroxylation is 1. The summed E-state index contributed by atoms with van der Waals surface area (Å²) in [6, 6.07) is 5.69. The minimum absolute atomic E-state index is 0.0395. The van der Waals surface area contributed by atoms with Crippen LogP contribution in [0, 0.1) is 18.3 Å². The third-order valence-electron chi connectivity index (χ3n) is 3.88. The molecule has 2 atom stereocenters. The maximum Gasteiger partial charge on any atom is 0.156 e. The molecule has 0 aromatic carbocycles. The molecule has 3 heterocycles. The Labute approximate surface area is 129 Å². The van der Waals surface area contributed by atoms with Gasteiger partial charge in [0, 0.05) is 26.4 Å². The lowest BCUT2D eigenvalue weighted by molar-refractivity contribution is 0.108. The van der Waals surface area contributed by atoms with Crippen molar-refractivity contribution in [1.29, 1.82) is 5.26 Å². The van der Waals surface area contributed by atoms with Gasteiger partial charge in [0.25, 0.3) is 0 Å². The molecule has 0 spiro atoms. The summed E-state index contributed by atoms with van der Waals surface area (Å²) in [4.78, 5) is 10.8. The molecule has 0 saturated carbocycles. The SMILES string of the molecule is Cc1nc([C@@H]2CCO[C@@H]2CN(C)c2ccc(C#N)cn2)n[nH]1. The standard InChI is InChI=1S/C15H18N6O/c1-10-18-15(20-19-10)12-5-6-22-13(12)9-21(2)14-4-3-11(7-16)8-17-14/h3-4,8,12-13H,5-6,9H2,1-2H3,(H,18,19,20)/t12-,13-/m1/s1. The summed E-state index contributed by atoms with van der Waals surface area (Å²) in [5.41, 5.74) is 0.559. The zero-order valence-electron chi connectivity index (χ0n) is 12.7. The van der Waals surface area contributed by atoms with E-state index in [-0.39, 0.29) is 12.0 Å². The van der Waals surface area contributed by atoms with Crippen LogP contribution < -0.4 is 4.90 Å². The van der Waals surface area contributed by atoms with Crippen molar-refractivity contribution in [2.45, 2.75) is 25.4 Å². The summed E-state index contributed by atoms with van der Waals surface area (Å²) in [6.07, 6.45) is 2.55. The Balaban J connectivity index is 1.69. The molecular weight excluding hydrogens is 280 g/mol. The fourth-order valence-electron chi connectivity index (χ4n) is 2.69. The lowest BCUT2D eigenvalue weighted by atomic mass is 10.0. The maximum absolute atomic E-state index is 8.82. The summed E-state index contributed by atoms with van der Waals surface area (Å²) in [6.45, 7) is 3.32. The number of aromatic nitrogens is 4. The van der Waals surface area contributed by atoms with E-state index in [0.717, 1.165) is 30.5 Å². The average Bonchev–Trinajstić information content (AvgIpc) is 3.16. The van der Waals surface area contributed by atoms with Gasteiger partial charge in [-0.3, -0.25) is 5.10 Å². The molecule has 0 aliphatic carbocycles. The van der Waals surface area contributed by atoms with Crippen LogP contribution in [0.3, 0.4) is 0 Å². The molecule has 0 amide bonds. The highest BCUT2D eigenvalue weighted by atomic mass is 16.5. The van der Waals surface area contributed by atoms with Crippen LogP contribution in [-0.4, -0.2) is 46.5 Å². The van der Waals surface area contributed by atoms with Crippen molar-refractivity contribution in [1.82, 2.24) is 20.2 Å². The molecule has 2 aromatic rings. The van der Waals surface area contributed by atoms with Crippen molar-refractivity contribution < 1.29 is 4.74 Å². The van der Waals surface area contributed by atoms with Crippen LogP contribution in [0.25, 0.3) is 0 Å². The maximum atomic E-state index is 8.82. The number of hydrogen-bond acceptors (Lipinski definition) is 6. The molecule has 22 heavy (non-hydrogen) atoms. The summed E-state index contributed by atoms with van der Waals surface area (Å²) in [5.74, 6) is 2.66. The van der Waals surface area contributed by atoms with Gasteiger partial charge in [-0.2, -0.15) is 10.4 Å². The molecule has 0 radical (unpaired) electrons. The summed E-state index contributed by atoms with van der Waals surface area (Å²) in [5, 5.41) is 16.0. The molecule has 7 heteroatoms. The number of rotatable bonds is 4. The molecule has 7 nitrogen and oxygen atoms in total. The Hall–Kier alpha value is -2.46. The number of likely N-dealkylation sites (N-methyl/N-ethyl adjacent to an activating group) is 1. The van der Waals surface area contributed by atoms with Crippen molar-refractivity contribution in [2.75, 3.05) is 25.1 Å². The van der Waals surface area contributed by atoms with Crippen molar-refractivity contribution in [2.24, 2.45) is 0 Å². The van der Waals surface area contributed by atoms with Crippen LogP contribution in [0.15, 0.2) is 18.3 Å². The van der Waals surface area contributed by atoms with Crippen LogP contribution in [0.5, 0.6) is 0 Å². The number of aromatic amines is 1. The first-order valence-electron chi connectivity index (χ1n) is 7.25. The third kappa shape index (κ3) is 2.92. The van der Waals surface area contributed by atoms with Gasteiger partial charge in [0.1, 0.15) is 17.7 Å². The van der Waals surface area contributed by atoms with Gasteiger partial charge in [-0.25, -0.2) is 9.97 Å². The molecular formula is C15H18N6O. The van der Waals surface area contributed by atoms with Gasteiger partial charge in [-0.05, 0) is 25.5 Å². The Kier molecular flexibility index (Phi) is 4.02. The minimum atomic E-state index is 0.0395. The zero-order chi connectivity index (χ0) is 15.5. The van der Waals surface area contributed by atoms with Gasteiger partial charge in [0.2, 0.25) is 0 Å². The Bertz CT molecular complexity index is 674. The summed E-state index contributed by atoms with van der Waals surface area (Å²) in [7, 11) is 1.97.